The monoisotopic (exact) mass is 228 g/mol. The molecule has 1 aromatic carbocycles. The van der Waals surface area contributed by atoms with Crippen LogP contribution in [0.1, 0.15) is 23.6 Å². The van der Waals surface area contributed by atoms with Crippen LogP contribution in [0, 0.1) is 13.8 Å². The van der Waals surface area contributed by atoms with Crippen LogP contribution in [-0.4, -0.2) is 10.2 Å². The van der Waals surface area contributed by atoms with E-state index in [2.05, 4.69) is 29.3 Å². The zero-order valence-corrected chi connectivity index (χ0v) is 10.4. The van der Waals surface area contributed by atoms with Crippen LogP contribution in [0.2, 0.25) is 0 Å². The maximum absolute atomic E-state index is 11.4. The third-order valence-electron chi connectivity index (χ3n) is 3.14. The summed E-state index contributed by atoms with van der Waals surface area (Å²) in [6.07, 6.45) is 0.995. The Hall–Kier alpha value is -1.90. The molecule has 0 radical (unpaired) electrons. The van der Waals surface area contributed by atoms with E-state index >= 15 is 0 Å². The van der Waals surface area contributed by atoms with Gasteiger partial charge < -0.3 is 0 Å². The van der Waals surface area contributed by atoms with E-state index in [9.17, 15) is 4.79 Å². The van der Waals surface area contributed by atoms with Crippen molar-refractivity contribution in [2.45, 2.75) is 27.2 Å². The van der Waals surface area contributed by atoms with Crippen LogP contribution in [0.25, 0.3) is 11.3 Å². The van der Waals surface area contributed by atoms with Gasteiger partial charge in [0.15, 0.2) is 0 Å². The first-order chi connectivity index (χ1) is 8.13. The molecular weight excluding hydrogens is 212 g/mol. The topological polar surface area (TPSA) is 45.8 Å². The minimum Gasteiger partial charge on any atom is -0.268 e. The molecule has 0 amide bonds. The second-order valence-corrected chi connectivity index (χ2v) is 4.21. The smallest absolute Gasteiger partial charge is 0.267 e. The number of aryl methyl sites for hydroxylation is 1. The molecule has 2 aromatic rings. The number of hydrogen-bond acceptors (Lipinski definition) is 2. The molecule has 0 atom stereocenters. The number of nitrogens with one attached hydrogen (secondary N) is 1. The molecule has 0 aliphatic heterocycles. The normalized spacial score (nSPS) is 10.5. The highest BCUT2D eigenvalue weighted by atomic mass is 16.1. The van der Waals surface area contributed by atoms with Crippen molar-refractivity contribution in [3.63, 3.8) is 0 Å². The van der Waals surface area contributed by atoms with E-state index in [1.165, 1.54) is 5.56 Å². The van der Waals surface area contributed by atoms with Gasteiger partial charge in [-0.1, -0.05) is 25.1 Å². The van der Waals surface area contributed by atoms with Crippen LogP contribution in [0.5, 0.6) is 0 Å². The third kappa shape index (κ3) is 2.13. The zero-order chi connectivity index (χ0) is 12.4. The van der Waals surface area contributed by atoms with Crippen molar-refractivity contribution in [2.75, 3.05) is 0 Å². The summed E-state index contributed by atoms with van der Waals surface area (Å²) in [6.45, 7) is 5.88. The molecule has 17 heavy (non-hydrogen) atoms. The lowest BCUT2D eigenvalue weighted by atomic mass is 10.0. The van der Waals surface area contributed by atoms with Crippen LogP contribution < -0.4 is 5.56 Å². The molecule has 0 fully saturated rings. The van der Waals surface area contributed by atoms with Gasteiger partial charge in [0.05, 0.1) is 5.69 Å². The molecule has 2 rings (SSSR count). The van der Waals surface area contributed by atoms with Crippen molar-refractivity contribution in [3.05, 3.63) is 51.3 Å². The van der Waals surface area contributed by atoms with Crippen LogP contribution in [-0.2, 0) is 6.42 Å². The molecule has 0 aliphatic carbocycles. The van der Waals surface area contributed by atoms with Gasteiger partial charge in [-0.3, -0.25) is 4.79 Å². The highest BCUT2D eigenvalue weighted by Crippen LogP contribution is 2.21. The van der Waals surface area contributed by atoms with E-state index < -0.39 is 0 Å². The van der Waals surface area contributed by atoms with Crippen LogP contribution in [0.15, 0.2) is 29.1 Å². The lowest BCUT2D eigenvalue weighted by Gasteiger charge is -2.07. The minimum atomic E-state index is -0.113. The molecule has 3 nitrogen and oxygen atoms in total. The van der Waals surface area contributed by atoms with E-state index in [1.54, 1.807) is 0 Å². The van der Waals surface area contributed by atoms with Gasteiger partial charge in [0.1, 0.15) is 0 Å². The number of nitrogens with zero attached hydrogens (tertiary/aromatic N) is 1. The Bertz CT molecular complexity index is 599. The fraction of sp³-hybridized carbons (Fsp3) is 0.286. The molecule has 0 saturated carbocycles. The van der Waals surface area contributed by atoms with Crippen molar-refractivity contribution >= 4 is 0 Å². The van der Waals surface area contributed by atoms with Gasteiger partial charge in [-0.15, -0.1) is 0 Å². The van der Waals surface area contributed by atoms with Gasteiger partial charge in [0.2, 0.25) is 0 Å². The molecule has 0 spiro atoms. The lowest BCUT2D eigenvalue weighted by Crippen LogP contribution is -2.14. The molecule has 1 heterocycles. The zero-order valence-electron chi connectivity index (χ0n) is 10.4. The summed E-state index contributed by atoms with van der Waals surface area (Å²) in [5.74, 6) is 0. The van der Waals surface area contributed by atoms with E-state index in [1.807, 2.05) is 26.0 Å². The Kier molecular flexibility index (Phi) is 3.09. The predicted octanol–water partition coefficient (Wildman–Crippen LogP) is 2.62. The average Bonchev–Trinajstić information content (AvgIpc) is 2.36. The number of hydrogen-bond donors (Lipinski definition) is 1. The van der Waals surface area contributed by atoms with Crippen molar-refractivity contribution in [2.24, 2.45) is 0 Å². The van der Waals surface area contributed by atoms with Crippen LogP contribution in [0.4, 0.5) is 0 Å². The maximum atomic E-state index is 11.4. The van der Waals surface area contributed by atoms with Gasteiger partial charge in [0.25, 0.3) is 5.56 Å². The number of benzene rings is 1. The van der Waals surface area contributed by atoms with Gasteiger partial charge in [-0.2, -0.15) is 5.10 Å². The molecular formula is C14H16N2O. The molecule has 0 bridgehead atoms. The quantitative estimate of drug-likeness (QED) is 0.858. The Morgan fingerprint density at radius 2 is 2.00 bits per heavy atom. The average molecular weight is 228 g/mol. The molecule has 0 aliphatic rings. The fourth-order valence-electron chi connectivity index (χ4n) is 1.84. The molecule has 0 saturated heterocycles. The van der Waals surface area contributed by atoms with E-state index in [0.717, 1.165) is 28.8 Å². The summed E-state index contributed by atoms with van der Waals surface area (Å²) in [4.78, 5) is 11.4. The van der Waals surface area contributed by atoms with Crippen molar-refractivity contribution in [1.29, 1.82) is 0 Å². The van der Waals surface area contributed by atoms with Crippen molar-refractivity contribution < 1.29 is 0 Å². The standard InChI is InChI=1S/C14H16N2O/c1-4-11-6-5-7-12(8-11)13-9(2)10(3)14(17)16-15-13/h5-8H,4H2,1-3H3,(H,16,17). The largest absolute Gasteiger partial charge is 0.268 e. The Morgan fingerprint density at radius 1 is 1.24 bits per heavy atom. The summed E-state index contributed by atoms with van der Waals surface area (Å²) in [5, 5.41) is 6.69. The predicted molar refractivity (Wildman–Crippen MR) is 69.1 cm³/mol. The summed E-state index contributed by atoms with van der Waals surface area (Å²) in [7, 11) is 0. The summed E-state index contributed by atoms with van der Waals surface area (Å²) in [5.41, 5.74) is 4.75. The SMILES string of the molecule is CCc1cccc(-c2n[nH]c(=O)c(C)c2C)c1. The van der Waals surface area contributed by atoms with E-state index in [4.69, 9.17) is 0 Å². The van der Waals surface area contributed by atoms with Crippen molar-refractivity contribution in [3.8, 4) is 11.3 Å². The molecule has 88 valence electrons. The second-order valence-electron chi connectivity index (χ2n) is 4.21. The lowest BCUT2D eigenvalue weighted by molar-refractivity contribution is 0.958. The maximum Gasteiger partial charge on any atom is 0.267 e. The highest BCUT2D eigenvalue weighted by Gasteiger charge is 2.08. The Morgan fingerprint density at radius 3 is 2.71 bits per heavy atom. The number of rotatable bonds is 2. The number of aromatic nitrogens is 2. The van der Waals surface area contributed by atoms with Gasteiger partial charge in [-0.05, 0) is 37.5 Å². The summed E-state index contributed by atoms with van der Waals surface area (Å²) < 4.78 is 0. The minimum absolute atomic E-state index is 0.113. The molecule has 3 heteroatoms. The highest BCUT2D eigenvalue weighted by molar-refractivity contribution is 5.64. The Labute approximate surface area is 101 Å². The number of aromatic amines is 1. The fourth-order valence-corrected chi connectivity index (χ4v) is 1.84. The van der Waals surface area contributed by atoms with Crippen LogP contribution >= 0.6 is 0 Å². The van der Waals surface area contributed by atoms with Crippen LogP contribution in [0.3, 0.4) is 0 Å². The van der Waals surface area contributed by atoms with E-state index in [0.29, 0.717) is 0 Å². The summed E-state index contributed by atoms with van der Waals surface area (Å²) in [6, 6.07) is 8.26. The van der Waals surface area contributed by atoms with Gasteiger partial charge in [-0.25, -0.2) is 5.10 Å². The van der Waals surface area contributed by atoms with E-state index in [-0.39, 0.29) is 5.56 Å². The Balaban J connectivity index is 2.60. The first kappa shape index (κ1) is 11.6. The summed E-state index contributed by atoms with van der Waals surface area (Å²) >= 11 is 0. The molecule has 1 aromatic heterocycles. The third-order valence-corrected chi connectivity index (χ3v) is 3.14. The first-order valence-corrected chi connectivity index (χ1v) is 5.78. The van der Waals surface area contributed by atoms with Crippen molar-refractivity contribution in [1.82, 2.24) is 10.2 Å². The van der Waals surface area contributed by atoms with Gasteiger partial charge >= 0.3 is 0 Å². The second kappa shape index (κ2) is 4.53. The molecule has 0 unspecified atom stereocenters. The van der Waals surface area contributed by atoms with Gasteiger partial charge in [0, 0.05) is 11.1 Å². The molecule has 1 N–H and O–H groups in total. The number of H-pyrrole nitrogens is 1. The first-order valence-electron chi connectivity index (χ1n) is 5.78.